The molecule has 0 aliphatic heterocycles. The maximum Gasteiger partial charge on any atom is 0.348 e. The SMILES string of the molecule is CC[C@@H]1CCc2sc(C(=O)OCC(=O)Nc3ccc(C#N)c(Cl)c3)cc2C1. The van der Waals surface area contributed by atoms with Crippen molar-refractivity contribution in [3.63, 3.8) is 0 Å². The normalized spacial score (nSPS) is 15.5. The molecule has 1 atom stereocenters. The highest BCUT2D eigenvalue weighted by Crippen LogP contribution is 2.33. The molecule has 0 bridgehead atoms. The minimum Gasteiger partial charge on any atom is -0.451 e. The van der Waals surface area contributed by atoms with E-state index in [0.29, 0.717) is 22.0 Å². The van der Waals surface area contributed by atoms with Gasteiger partial charge in [0.15, 0.2) is 6.61 Å². The number of hydrogen-bond acceptors (Lipinski definition) is 5. The average Bonchev–Trinajstić information content (AvgIpc) is 3.09. The predicted octanol–water partition coefficient (Wildman–Crippen LogP) is 4.58. The second-order valence-electron chi connectivity index (χ2n) is 6.51. The van der Waals surface area contributed by atoms with E-state index in [0.717, 1.165) is 25.7 Å². The molecule has 1 aliphatic carbocycles. The highest BCUT2D eigenvalue weighted by Gasteiger charge is 2.23. The molecule has 0 saturated heterocycles. The number of carbonyl (C=O) groups is 2. The maximum atomic E-state index is 12.3. The molecule has 7 heteroatoms. The number of nitrogens with one attached hydrogen (secondary N) is 1. The molecule has 0 fully saturated rings. The first-order valence-corrected chi connectivity index (χ1v) is 9.97. The lowest BCUT2D eigenvalue weighted by atomic mass is 9.87. The molecule has 1 amide bonds. The van der Waals surface area contributed by atoms with Crippen molar-refractivity contribution in [3.05, 3.63) is 50.2 Å². The van der Waals surface area contributed by atoms with Crippen molar-refractivity contribution < 1.29 is 14.3 Å². The van der Waals surface area contributed by atoms with E-state index in [2.05, 4.69) is 12.2 Å². The molecule has 2 aromatic rings. The summed E-state index contributed by atoms with van der Waals surface area (Å²) in [6.07, 6.45) is 4.32. The van der Waals surface area contributed by atoms with Crippen LogP contribution in [0.15, 0.2) is 24.3 Å². The summed E-state index contributed by atoms with van der Waals surface area (Å²) in [6.45, 7) is 1.81. The number of fused-ring (bicyclic) bond motifs is 1. The number of hydrogen-bond donors (Lipinski definition) is 1. The van der Waals surface area contributed by atoms with Crippen LogP contribution in [0, 0.1) is 17.2 Å². The van der Waals surface area contributed by atoms with Gasteiger partial charge in [-0.1, -0.05) is 24.9 Å². The Morgan fingerprint density at radius 1 is 1.41 bits per heavy atom. The number of anilines is 1. The van der Waals surface area contributed by atoms with Crippen LogP contribution in [-0.4, -0.2) is 18.5 Å². The first-order valence-electron chi connectivity index (χ1n) is 8.78. The van der Waals surface area contributed by atoms with Crippen molar-refractivity contribution >= 4 is 40.5 Å². The molecule has 1 aromatic heterocycles. The number of rotatable bonds is 5. The highest BCUT2D eigenvalue weighted by molar-refractivity contribution is 7.14. The predicted molar refractivity (Wildman–Crippen MR) is 105 cm³/mol. The second kappa shape index (κ2) is 8.55. The Morgan fingerprint density at radius 2 is 2.22 bits per heavy atom. The highest BCUT2D eigenvalue weighted by atomic mass is 35.5. The van der Waals surface area contributed by atoms with Crippen molar-refractivity contribution in [2.24, 2.45) is 5.92 Å². The topological polar surface area (TPSA) is 79.2 Å². The quantitative estimate of drug-likeness (QED) is 0.742. The molecule has 0 radical (unpaired) electrons. The lowest BCUT2D eigenvalue weighted by Crippen LogP contribution is -2.20. The monoisotopic (exact) mass is 402 g/mol. The summed E-state index contributed by atoms with van der Waals surface area (Å²) in [6, 6.07) is 8.43. The molecule has 1 aromatic carbocycles. The van der Waals surface area contributed by atoms with Gasteiger partial charge in [0, 0.05) is 10.6 Å². The number of halogens is 1. The number of carbonyl (C=O) groups excluding carboxylic acids is 2. The Balaban J connectivity index is 1.55. The van der Waals surface area contributed by atoms with Gasteiger partial charge >= 0.3 is 5.97 Å². The molecular formula is C20H19ClN2O3S. The van der Waals surface area contributed by atoms with Gasteiger partial charge in [-0.25, -0.2) is 4.79 Å². The summed E-state index contributed by atoms with van der Waals surface area (Å²) in [4.78, 5) is 26.1. The van der Waals surface area contributed by atoms with Crippen LogP contribution in [-0.2, 0) is 22.4 Å². The molecule has 27 heavy (non-hydrogen) atoms. The summed E-state index contributed by atoms with van der Waals surface area (Å²) >= 11 is 7.40. The Kier molecular flexibility index (Phi) is 6.15. The fourth-order valence-electron chi connectivity index (χ4n) is 3.13. The number of nitriles is 1. The third kappa shape index (κ3) is 4.68. The molecule has 3 rings (SSSR count). The number of esters is 1. The molecule has 1 N–H and O–H groups in total. The van der Waals surface area contributed by atoms with Crippen molar-refractivity contribution in [1.29, 1.82) is 5.26 Å². The van der Waals surface area contributed by atoms with E-state index >= 15 is 0 Å². The first kappa shape index (κ1) is 19.4. The van der Waals surface area contributed by atoms with Gasteiger partial charge in [-0.15, -0.1) is 11.3 Å². The van der Waals surface area contributed by atoms with Crippen LogP contribution >= 0.6 is 22.9 Å². The van der Waals surface area contributed by atoms with E-state index in [1.54, 1.807) is 6.07 Å². The van der Waals surface area contributed by atoms with Crippen molar-refractivity contribution in [1.82, 2.24) is 0 Å². The number of benzene rings is 1. The minimum absolute atomic E-state index is 0.252. The number of thiophene rings is 1. The third-order valence-corrected chi connectivity index (χ3v) is 6.20. The number of amides is 1. The largest absolute Gasteiger partial charge is 0.451 e. The van der Waals surface area contributed by atoms with Gasteiger partial charge < -0.3 is 10.1 Å². The van der Waals surface area contributed by atoms with Crippen LogP contribution < -0.4 is 5.32 Å². The Morgan fingerprint density at radius 3 is 2.93 bits per heavy atom. The minimum atomic E-state index is -0.476. The summed E-state index contributed by atoms with van der Waals surface area (Å²) in [7, 11) is 0. The van der Waals surface area contributed by atoms with Crippen molar-refractivity contribution in [2.45, 2.75) is 32.6 Å². The number of ether oxygens (including phenoxy) is 1. The molecule has 140 valence electrons. The number of aryl methyl sites for hydroxylation is 1. The Hall–Kier alpha value is -2.36. The van der Waals surface area contributed by atoms with Gasteiger partial charge in [-0.3, -0.25) is 4.79 Å². The van der Waals surface area contributed by atoms with Crippen LogP contribution in [0.1, 0.15) is 45.4 Å². The standard InChI is InChI=1S/C20H19ClN2O3S/c1-2-12-3-6-17-14(7-12)8-18(27-17)20(25)26-11-19(24)23-15-5-4-13(10-22)16(21)9-15/h4-5,8-9,12H,2-3,6-7,11H2,1H3,(H,23,24)/t12-/m1/s1. The fraction of sp³-hybridized carbons (Fsp3) is 0.350. The lowest BCUT2D eigenvalue weighted by molar-refractivity contribution is -0.119. The zero-order valence-corrected chi connectivity index (χ0v) is 16.5. The number of nitrogens with zero attached hydrogens (tertiary/aromatic N) is 1. The van der Waals surface area contributed by atoms with E-state index in [4.69, 9.17) is 21.6 Å². The van der Waals surface area contributed by atoms with Crippen LogP contribution in [0.5, 0.6) is 0 Å². The summed E-state index contributed by atoms with van der Waals surface area (Å²) in [5.41, 5.74) is 2.01. The molecule has 1 aliphatic rings. The second-order valence-corrected chi connectivity index (χ2v) is 8.05. The average molecular weight is 403 g/mol. The fourth-order valence-corrected chi connectivity index (χ4v) is 4.46. The lowest BCUT2D eigenvalue weighted by Gasteiger charge is -2.19. The van der Waals surface area contributed by atoms with Gasteiger partial charge in [0.05, 0.1) is 10.6 Å². The zero-order valence-electron chi connectivity index (χ0n) is 14.9. The van der Waals surface area contributed by atoms with Crippen molar-refractivity contribution in [3.8, 4) is 6.07 Å². The third-order valence-electron chi connectivity index (χ3n) is 4.67. The smallest absolute Gasteiger partial charge is 0.348 e. The van der Waals surface area contributed by atoms with E-state index in [1.165, 1.54) is 33.9 Å². The van der Waals surface area contributed by atoms with Gasteiger partial charge in [0.1, 0.15) is 10.9 Å². The van der Waals surface area contributed by atoms with E-state index in [9.17, 15) is 9.59 Å². The van der Waals surface area contributed by atoms with Gasteiger partial charge in [0.25, 0.3) is 5.91 Å². The van der Waals surface area contributed by atoms with Crippen LogP contribution in [0.2, 0.25) is 5.02 Å². The molecule has 1 heterocycles. The molecular weight excluding hydrogens is 384 g/mol. The van der Waals surface area contributed by atoms with E-state index < -0.39 is 11.9 Å². The van der Waals surface area contributed by atoms with Gasteiger partial charge in [0.2, 0.25) is 0 Å². The van der Waals surface area contributed by atoms with Crippen molar-refractivity contribution in [2.75, 3.05) is 11.9 Å². The summed E-state index contributed by atoms with van der Waals surface area (Å²) in [5.74, 6) is -0.257. The van der Waals surface area contributed by atoms with E-state index in [1.807, 2.05) is 12.1 Å². The Labute approximate surface area is 166 Å². The van der Waals surface area contributed by atoms with Gasteiger partial charge in [-0.2, -0.15) is 5.26 Å². The Bertz CT molecular complexity index is 916. The molecule has 5 nitrogen and oxygen atoms in total. The summed E-state index contributed by atoms with van der Waals surface area (Å²) in [5, 5.41) is 11.7. The first-order chi connectivity index (χ1) is 13.0. The maximum absolute atomic E-state index is 12.3. The zero-order chi connectivity index (χ0) is 19.4. The van der Waals surface area contributed by atoms with Crippen LogP contribution in [0.25, 0.3) is 0 Å². The van der Waals surface area contributed by atoms with Crippen LogP contribution in [0.4, 0.5) is 5.69 Å². The molecule has 0 spiro atoms. The van der Waals surface area contributed by atoms with E-state index in [-0.39, 0.29) is 11.6 Å². The molecule has 0 saturated carbocycles. The van der Waals surface area contributed by atoms with Crippen LogP contribution in [0.3, 0.4) is 0 Å². The summed E-state index contributed by atoms with van der Waals surface area (Å²) < 4.78 is 5.14. The molecule has 0 unspecified atom stereocenters. The van der Waals surface area contributed by atoms with Gasteiger partial charge in [-0.05, 0) is 55.0 Å².